The lowest BCUT2D eigenvalue weighted by atomic mass is 9.80. The van der Waals surface area contributed by atoms with Crippen molar-refractivity contribution < 1.29 is 0 Å². The molecule has 0 unspecified atom stereocenters. The lowest BCUT2D eigenvalue weighted by molar-refractivity contribution is 0.568. The van der Waals surface area contributed by atoms with E-state index < -0.39 is 0 Å². The van der Waals surface area contributed by atoms with Gasteiger partial charge in [0.25, 0.3) is 0 Å². The predicted octanol–water partition coefficient (Wildman–Crippen LogP) is 13.4. The summed E-state index contributed by atoms with van der Waals surface area (Å²) in [7, 11) is 0. The Labute approximate surface area is 293 Å². The van der Waals surface area contributed by atoms with Crippen molar-refractivity contribution in [2.24, 2.45) is 0 Å². The Kier molecular flexibility index (Phi) is 7.35. The molecule has 0 bridgehead atoms. The molecule has 7 aromatic rings. The van der Waals surface area contributed by atoms with Gasteiger partial charge in [0.1, 0.15) is 0 Å². The van der Waals surface area contributed by atoms with Gasteiger partial charge in [0.2, 0.25) is 0 Å². The zero-order valence-electron chi connectivity index (χ0n) is 32.1. The van der Waals surface area contributed by atoms with Gasteiger partial charge in [-0.25, -0.2) is 0 Å². The molecule has 7 rings (SSSR count). The van der Waals surface area contributed by atoms with Gasteiger partial charge in [-0.15, -0.1) is 0 Å². The fourth-order valence-corrected chi connectivity index (χ4v) is 7.54. The van der Waals surface area contributed by atoms with Gasteiger partial charge >= 0.3 is 0 Å². The van der Waals surface area contributed by atoms with Gasteiger partial charge in [-0.2, -0.15) is 0 Å². The number of aryl methyl sites for hydroxylation is 1. The maximum absolute atomic E-state index is 2.54. The van der Waals surface area contributed by atoms with E-state index in [0.717, 1.165) is 0 Å². The van der Waals surface area contributed by atoms with E-state index in [1.807, 2.05) is 0 Å². The fraction of sp³-hybridized carbons (Fsp3) is 0.362. The summed E-state index contributed by atoms with van der Waals surface area (Å²) in [5.74, 6) is 0. The van der Waals surface area contributed by atoms with Crippen LogP contribution in [-0.4, -0.2) is 9.13 Å². The van der Waals surface area contributed by atoms with Crippen LogP contribution in [0.4, 0.5) is 0 Å². The Balaban J connectivity index is 1.60. The molecule has 0 aliphatic heterocycles. The van der Waals surface area contributed by atoms with Gasteiger partial charge in [0.15, 0.2) is 0 Å². The zero-order chi connectivity index (χ0) is 35.4. The molecule has 2 aromatic heterocycles. The summed E-state index contributed by atoms with van der Waals surface area (Å²) in [6.45, 7) is 30.1. The number of para-hydroxylation sites is 1. The molecule has 0 fully saturated rings. The highest BCUT2D eigenvalue weighted by molar-refractivity contribution is 6.13. The molecule has 2 heterocycles. The second kappa shape index (κ2) is 10.8. The average molecular weight is 647 g/mol. The fourth-order valence-electron chi connectivity index (χ4n) is 7.54. The molecule has 0 radical (unpaired) electrons. The minimum atomic E-state index is 0.0236. The lowest BCUT2D eigenvalue weighted by Gasteiger charge is -2.27. The molecule has 2 heteroatoms. The van der Waals surface area contributed by atoms with Crippen molar-refractivity contribution >= 4 is 43.6 Å². The molecule has 0 saturated carbocycles. The Bertz CT molecular complexity index is 2310. The summed E-state index contributed by atoms with van der Waals surface area (Å²) in [5, 5.41) is 5.22. The third kappa shape index (κ3) is 5.49. The molecular weight excluding hydrogens is 593 g/mol. The molecule has 49 heavy (non-hydrogen) atoms. The van der Waals surface area contributed by atoms with Gasteiger partial charge in [-0.3, -0.25) is 0 Å². The van der Waals surface area contributed by atoms with Crippen LogP contribution in [0.1, 0.15) is 111 Å². The first-order valence-corrected chi connectivity index (χ1v) is 18.0. The summed E-state index contributed by atoms with van der Waals surface area (Å²) in [5.41, 5.74) is 14.4. The van der Waals surface area contributed by atoms with Crippen LogP contribution in [0.5, 0.6) is 0 Å². The molecule has 0 spiro atoms. The number of hydrogen-bond acceptors (Lipinski definition) is 0. The summed E-state index contributed by atoms with van der Waals surface area (Å²) in [4.78, 5) is 0. The standard InChI is InChI=1S/C47H54N2/c1-29-39(49-41-21-18-30(44(2,3)4)27-37(41)38-28-31(45(5,6)7)19-22-42(38)49)23-20-36-35-16-14-15-17-40(35)48(43(29)36)34-25-32(46(8,9)10)24-33(26-34)47(11,12)13/h14-28H,1-13H3. The molecule has 0 aliphatic rings. The first kappa shape index (κ1) is 33.2. The molecule has 0 aliphatic carbocycles. The van der Waals surface area contributed by atoms with Gasteiger partial charge < -0.3 is 9.13 Å². The van der Waals surface area contributed by atoms with E-state index in [4.69, 9.17) is 0 Å². The smallest absolute Gasteiger partial charge is 0.0591 e. The zero-order valence-corrected chi connectivity index (χ0v) is 32.1. The molecule has 0 saturated heterocycles. The highest BCUT2D eigenvalue weighted by Crippen LogP contribution is 2.42. The van der Waals surface area contributed by atoms with Gasteiger partial charge in [-0.1, -0.05) is 126 Å². The van der Waals surface area contributed by atoms with E-state index in [2.05, 4.69) is 190 Å². The van der Waals surface area contributed by atoms with Crippen LogP contribution in [0.15, 0.2) is 91.0 Å². The van der Waals surface area contributed by atoms with Crippen molar-refractivity contribution in [3.05, 3.63) is 119 Å². The summed E-state index contributed by atoms with van der Waals surface area (Å²) in [6.07, 6.45) is 0. The van der Waals surface area contributed by atoms with Crippen molar-refractivity contribution in [2.75, 3.05) is 0 Å². The molecule has 5 aromatic carbocycles. The summed E-state index contributed by atoms with van der Waals surface area (Å²) in [6, 6.07) is 35.2. The van der Waals surface area contributed by atoms with Crippen molar-refractivity contribution in [3.8, 4) is 11.4 Å². The first-order valence-electron chi connectivity index (χ1n) is 18.0. The number of rotatable bonds is 2. The maximum atomic E-state index is 2.54. The summed E-state index contributed by atoms with van der Waals surface area (Å²) < 4.78 is 5.06. The van der Waals surface area contributed by atoms with Crippen molar-refractivity contribution in [1.29, 1.82) is 0 Å². The molecule has 0 amide bonds. The number of fused-ring (bicyclic) bond motifs is 6. The van der Waals surface area contributed by atoms with E-state index in [1.165, 1.54) is 82.8 Å². The number of benzene rings is 5. The van der Waals surface area contributed by atoms with E-state index in [1.54, 1.807) is 0 Å². The molecular formula is C47H54N2. The minimum Gasteiger partial charge on any atom is -0.309 e. The van der Waals surface area contributed by atoms with Gasteiger partial charge in [-0.05, 0) is 105 Å². The Morgan fingerprint density at radius 3 is 1.35 bits per heavy atom. The highest BCUT2D eigenvalue weighted by atomic mass is 15.0. The molecule has 0 N–H and O–H groups in total. The van der Waals surface area contributed by atoms with Crippen LogP contribution in [0, 0.1) is 6.92 Å². The second-order valence-electron chi connectivity index (χ2n) is 18.5. The quantitative estimate of drug-likeness (QED) is 0.177. The lowest BCUT2D eigenvalue weighted by Crippen LogP contribution is -2.17. The van der Waals surface area contributed by atoms with Crippen LogP contribution in [0.2, 0.25) is 0 Å². The summed E-state index contributed by atoms with van der Waals surface area (Å²) >= 11 is 0. The van der Waals surface area contributed by atoms with Crippen molar-refractivity contribution in [1.82, 2.24) is 9.13 Å². The van der Waals surface area contributed by atoms with Crippen molar-refractivity contribution in [3.63, 3.8) is 0 Å². The second-order valence-corrected chi connectivity index (χ2v) is 18.5. The minimum absolute atomic E-state index is 0.0236. The molecule has 2 nitrogen and oxygen atoms in total. The van der Waals surface area contributed by atoms with Crippen LogP contribution in [0.3, 0.4) is 0 Å². The van der Waals surface area contributed by atoms with E-state index in [0.29, 0.717) is 0 Å². The first-order chi connectivity index (χ1) is 22.7. The highest BCUT2D eigenvalue weighted by Gasteiger charge is 2.25. The largest absolute Gasteiger partial charge is 0.309 e. The van der Waals surface area contributed by atoms with Gasteiger partial charge in [0, 0.05) is 27.2 Å². The Morgan fingerprint density at radius 1 is 0.388 bits per heavy atom. The van der Waals surface area contributed by atoms with E-state index in [9.17, 15) is 0 Å². The maximum Gasteiger partial charge on any atom is 0.0591 e. The third-order valence-corrected chi connectivity index (χ3v) is 10.7. The Hall–Kier alpha value is -4.30. The number of aromatic nitrogens is 2. The average Bonchev–Trinajstić information content (AvgIpc) is 3.52. The van der Waals surface area contributed by atoms with Crippen molar-refractivity contribution in [2.45, 2.75) is 112 Å². The number of hydrogen-bond donors (Lipinski definition) is 0. The third-order valence-electron chi connectivity index (χ3n) is 10.7. The predicted molar refractivity (Wildman–Crippen MR) is 215 cm³/mol. The topological polar surface area (TPSA) is 9.86 Å². The number of nitrogens with zero attached hydrogens (tertiary/aromatic N) is 2. The van der Waals surface area contributed by atoms with Crippen LogP contribution in [0.25, 0.3) is 55.0 Å². The molecule has 0 atom stereocenters. The normalized spacial score (nSPS) is 13.4. The Morgan fingerprint density at radius 2 is 0.857 bits per heavy atom. The monoisotopic (exact) mass is 646 g/mol. The molecule has 252 valence electrons. The SMILES string of the molecule is Cc1c(-n2c3ccc(C(C)(C)C)cc3c3cc(C(C)(C)C)ccc32)ccc2c3ccccc3n(-c3cc(C(C)(C)C)cc(C(C)(C)C)c3)c12. The van der Waals surface area contributed by atoms with E-state index >= 15 is 0 Å². The van der Waals surface area contributed by atoms with Crippen LogP contribution < -0.4 is 0 Å². The van der Waals surface area contributed by atoms with Gasteiger partial charge in [0.05, 0.1) is 27.8 Å². The van der Waals surface area contributed by atoms with E-state index in [-0.39, 0.29) is 21.7 Å². The van der Waals surface area contributed by atoms with Crippen LogP contribution >= 0.6 is 0 Å². The van der Waals surface area contributed by atoms with Crippen LogP contribution in [-0.2, 0) is 21.7 Å².